The van der Waals surface area contributed by atoms with Gasteiger partial charge in [0.05, 0.1) is 0 Å². The molecule has 0 radical (unpaired) electrons. The van der Waals surface area contributed by atoms with Crippen LogP contribution in [0.4, 0.5) is 0 Å². The first-order chi connectivity index (χ1) is 8.36. The topological polar surface area (TPSA) is 0 Å². The van der Waals surface area contributed by atoms with Crippen molar-refractivity contribution in [1.82, 2.24) is 0 Å². The van der Waals surface area contributed by atoms with Crippen LogP contribution in [0.5, 0.6) is 0 Å². The standard InChI is InChI=1S/C16H11I/c17-15-9-8-13-11-5-2-1-4-10(11)12-6-3-7-14(15)16(12)13/h2-3,5-9H,1,4H2. The predicted molar refractivity (Wildman–Crippen MR) is 81.9 cm³/mol. The van der Waals surface area contributed by atoms with Crippen LogP contribution in [0.3, 0.4) is 0 Å². The Morgan fingerprint density at radius 3 is 2.88 bits per heavy atom. The zero-order valence-corrected chi connectivity index (χ0v) is 11.5. The van der Waals surface area contributed by atoms with Crippen LogP contribution >= 0.6 is 22.6 Å². The maximum Gasteiger partial charge on any atom is 0.0209 e. The molecule has 2 aliphatic carbocycles. The van der Waals surface area contributed by atoms with E-state index in [-0.39, 0.29) is 0 Å². The third kappa shape index (κ3) is 1.23. The van der Waals surface area contributed by atoms with Crippen LogP contribution in [-0.4, -0.2) is 0 Å². The van der Waals surface area contributed by atoms with Crippen molar-refractivity contribution in [3.8, 4) is 0 Å². The van der Waals surface area contributed by atoms with Gasteiger partial charge in [-0.05, 0) is 74.5 Å². The van der Waals surface area contributed by atoms with Crippen LogP contribution in [0, 0.1) is 3.57 Å². The Labute approximate surface area is 114 Å². The van der Waals surface area contributed by atoms with Gasteiger partial charge in [-0.2, -0.15) is 0 Å². The van der Waals surface area contributed by atoms with Gasteiger partial charge in [0.2, 0.25) is 0 Å². The number of halogens is 1. The van der Waals surface area contributed by atoms with Crippen molar-refractivity contribution in [1.29, 1.82) is 0 Å². The number of benzene rings is 2. The fraction of sp³-hybridized carbons (Fsp3) is 0.125. The molecule has 0 amide bonds. The fourth-order valence-corrected chi connectivity index (χ4v) is 3.67. The molecule has 2 aliphatic rings. The molecule has 0 saturated carbocycles. The van der Waals surface area contributed by atoms with Crippen LogP contribution in [0.2, 0.25) is 0 Å². The Morgan fingerprint density at radius 1 is 1.00 bits per heavy atom. The quantitative estimate of drug-likeness (QED) is 0.595. The van der Waals surface area contributed by atoms with E-state index in [9.17, 15) is 0 Å². The molecule has 0 aliphatic heterocycles. The minimum absolute atomic E-state index is 1.18. The molecule has 17 heavy (non-hydrogen) atoms. The molecule has 0 aromatic heterocycles. The van der Waals surface area contributed by atoms with Gasteiger partial charge in [0.15, 0.2) is 0 Å². The van der Waals surface area contributed by atoms with Gasteiger partial charge in [0.1, 0.15) is 0 Å². The Balaban J connectivity index is 2.20. The highest BCUT2D eigenvalue weighted by atomic mass is 127. The Kier molecular flexibility index (Phi) is 2.01. The largest absolute Gasteiger partial charge is 0.0836 e. The Bertz CT molecular complexity index is 705. The second-order valence-electron chi connectivity index (χ2n) is 4.66. The summed E-state index contributed by atoms with van der Waals surface area (Å²) < 4.78 is 1.35. The number of hydrogen-bond donors (Lipinski definition) is 0. The third-order valence-corrected chi connectivity index (χ3v) is 4.71. The zero-order chi connectivity index (χ0) is 11.4. The molecule has 82 valence electrons. The van der Waals surface area contributed by atoms with E-state index in [2.05, 4.69) is 65.1 Å². The van der Waals surface area contributed by atoms with E-state index < -0.39 is 0 Å². The summed E-state index contributed by atoms with van der Waals surface area (Å²) in [5.74, 6) is 0. The normalized spacial score (nSPS) is 16.8. The van der Waals surface area contributed by atoms with Gasteiger partial charge in [-0.25, -0.2) is 0 Å². The monoisotopic (exact) mass is 330 g/mol. The number of fused-ring (bicyclic) bond motifs is 2. The van der Waals surface area contributed by atoms with E-state index in [4.69, 9.17) is 0 Å². The first-order valence-corrected chi connectivity index (χ1v) is 7.06. The summed E-state index contributed by atoms with van der Waals surface area (Å²) >= 11 is 2.44. The van der Waals surface area contributed by atoms with Crippen LogP contribution in [0.15, 0.2) is 42.5 Å². The summed E-state index contributed by atoms with van der Waals surface area (Å²) in [5, 5.41) is 2.87. The van der Waals surface area contributed by atoms with E-state index in [1.165, 1.54) is 43.9 Å². The average Bonchev–Trinajstić information content (AvgIpc) is 2.70. The highest BCUT2D eigenvalue weighted by Gasteiger charge is 2.23. The van der Waals surface area contributed by atoms with Crippen molar-refractivity contribution in [3.63, 3.8) is 0 Å². The molecule has 0 atom stereocenters. The highest BCUT2D eigenvalue weighted by molar-refractivity contribution is 14.1. The maximum absolute atomic E-state index is 2.44. The molecular weight excluding hydrogens is 319 g/mol. The molecule has 0 N–H and O–H groups in total. The van der Waals surface area contributed by atoms with Gasteiger partial charge in [-0.3, -0.25) is 0 Å². The van der Waals surface area contributed by atoms with Crippen molar-refractivity contribution in [2.75, 3.05) is 0 Å². The molecule has 0 unspecified atom stereocenters. The van der Waals surface area contributed by atoms with Gasteiger partial charge < -0.3 is 0 Å². The molecule has 0 nitrogen and oxygen atoms in total. The molecule has 0 bridgehead atoms. The van der Waals surface area contributed by atoms with Gasteiger partial charge in [0.25, 0.3) is 0 Å². The van der Waals surface area contributed by atoms with Gasteiger partial charge in [-0.15, -0.1) is 0 Å². The summed E-state index contributed by atoms with van der Waals surface area (Å²) in [6, 6.07) is 11.2. The number of rotatable bonds is 0. The maximum atomic E-state index is 2.44. The van der Waals surface area contributed by atoms with Gasteiger partial charge in [0, 0.05) is 3.57 Å². The summed E-state index contributed by atoms with van der Waals surface area (Å²) in [5.41, 5.74) is 5.91. The third-order valence-electron chi connectivity index (χ3n) is 3.77. The zero-order valence-electron chi connectivity index (χ0n) is 9.33. The van der Waals surface area contributed by atoms with Crippen LogP contribution < -0.4 is 0 Å². The molecule has 0 fully saturated rings. The fourth-order valence-electron chi connectivity index (χ4n) is 3.04. The second kappa shape index (κ2) is 3.45. The Hall–Kier alpha value is -1.09. The molecule has 1 heteroatoms. The summed E-state index contributed by atoms with van der Waals surface area (Å²) in [4.78, 5) is 0. The van der Waals surface area contributed by atoms with E-state index in [1.807, 2.05) is 0 Å². The SMILES string of the molecule is Ic1ccc2c3c(cccc13)C1=C2C=CCC1. The van der Waals surface area contributed by atoms with Crippen molar-refractivity contribution in [2.24, 2.45) is 0 Å². The smallest absolute Gasteiger partial charge is 0.0209 e. The first-order valence-electron chi connectivity index (χ1n) is 5.98. The van der Waals surface area contributed by atoms with Gasteiger partial charge >= 0.3 is 0 Å². The number of allylic oxidation sites excluding steroid dienone is 4. The lowest BCUT2D eigenvalue weighted by molar-refractivity contribution is 1.06. The lowest BCUT2D eigenvalue weighted by atomic mass is 9.95. The van der Waals surface area contributed by atoms with Crippen LogP contribution in [0.1, 0.15) is 24.0 Å². The molecule has 2 aromatic carbocycles. The Morgan fingerprint density at radius 2 is 1.94 bits per heavy atom. The van der Waals surface area contributed by atoms with Gasteiger partial charge in [-0.1, -0.05) is 36.4 Å². The summed E-state index contributed by atoms with van der Waals surface area (Å²) in [6.45, 7) is 0. The summed E-state index contributed by atoms with van der Waals surface area (Å²) in [7, 11) is 0. The molecule has 0 spiro atoms. The van der Waals surface area contributed by atoms with E-state index in [0.717, 1.165) is 0 Å². The molecule has 2 aromatic rings. The van der Waals surface area contributed by atoms with E-state index in [0.29, 0.717) is 0 Å². The number of hydrogen-bond acceptors (Lipinski definition) is 0. The molecule has 0 heterocycles. The van der Waals surface area contributed by atoms with Crippen molar-refractivity contribution in [2.45, 2.75) is 12.8 Å². The second-order valence-corrected chi connectivity index (χ2v) is 5.82. The minimum atomic E-state index is 1.18. The van der Waals surface area contributed by atoms with Crippen LogP contribution in [0.25, 0.3) is 21.9 Å². The lowest BCUT2D eigenvalue weighted by Gasteiger charge is -2.09. The molecule has 4 rings (SSSR count). The highest BCUT2D eigenvalue weighted by Crippen LogP contribution is 2.46. The van der Waals surface area contributed by atoms with Crippen LogP contribution in [-0.2, 0) is 0 Å². The lowest BCUT2D eigenvalue weighted by Crippen LogP contribution is -1.86. The summed E-state index contributed by atoms with van der Waals surface area (Å²) in [6.07, 6.45) is 6.98. The molecular formula is C16H11I. The van der Waals surface area contributed by atoms with Crippen molar-refractivity contribution in [3.05, 3.63) is 57.2 Å². The van der Waals surface area contributed by atoms with Crippen molar-refractivity contribution < 1.29 is 0 Å². The first kappa shape index (κ1) is 9.89. The predicted octanol–water partition coefficient (Wildman–Crippen LogP) is 5.02. The van der Waals surface area contributed by atoms with Crippen molar-refractivity contribution >= 4 is 44.5 Å². The minimum Gasteiger partial charge on any atom is -0.0836 e. The van der Waals surface area contributed by atoms with E-state index >= 15 is 0 Å². The average molecular weight is 330 g/mol. The molecule has 0 saturated heterocycles. The van der Waals surface area contributed by atoms with E-state index in [1.54, 1.807) is 5.57 Å².